The smallest absolute Gasteiger partial charge is 0.156 e. The molecule has 0 aliphatic heterocycles. The van der Waals surface area contributed by atoms with E-state index in [4.69, 9.17) is 5.73 Å². The largest absolute Gasteiger partial charge is 0.382 e. The molecule has 3 aromatic rings. The van der Waals surface area contributed by atoms with Gasteiger partial charge in [0.1, 0.15) is 0 Å². The lowest BCUT2D eigenvalue weighted by molar-refractivity contribution is 1.06. The highest BCUT2D eigenvalue weighted by atomic mass is 15.1. The Morgan fingerprint density at radius 3 is 2.93 bits per heavy atom. The highest BCUT2D eigenvalue weighted by Gasteiger charge is 2.06. The van der Waals surface area contributed by atoms with Crippen molar-refractivity contribution in [3.63, 3.8) is 0 Å². The van der Waals surface area contributed by atoms with Gasteiger partial charge in [0, 0.05) is 10.9 Å². The number of hydrogen-bond acceptors (Lipinski definition) is 3. The molecule has 3 rings (SSSR count). The van der Waals surface area contributed by atoms with Crippen molar-refractivity contribution in [2.75, 3.05) is 5.73 Å². The summed E-state index contributed by atoms with van der Waals surface area (Å²) in [5.41, 5.74) is 7.76. The van der Waals surface area contributed by atoms with Gasteiger partial charge in [-0.2, -0.15) is 5.10 Å². The molecule has 0 spiro atoms. The summed E-state index contributed by atoms with van der Waals surface area (Å²) >= 11 is 0. The second-order valence-corrected chi connectivity index (χ2v) is 3.19. The summed E-state index contributed by atoms with van der Waals surface area (Å²) in [5.74, 6) is 0.472. The molecular weight excluding hydrogens is 176 g/mol. The van der Waals surface area contributed by atoms with Crippen molar-refractivity contribution in [2.24, 2.45) is 0 Å². The maximum atomic E-state index is 5.77. The number of nitrogens with one attached hydrogen (secondary N) is 1. The third-order valence-corrected chi connectivity index (χ3v) is 2.34. The molecule has 0 fully saturated rings. The number of benzene rings is 1. The van der Waals surface area contributed by atoms with Gasteiger partial charge in [0.15, 0.2) is 5.82 Å². The Hall–Kier alpha value is -2.10. The van der Waals surface area contributed by atoms with Crippen molar-refractivity contribution in [3.8, 4) is 0 Å². The second kappa shape index (κ2) is 2.45. The van der Waals surface area contributed by atoms with E-state index < -0.39 is 0 Å². The van der Waals surface area contributed by atoms with Gasteiger partial charge < -0.3 is 10.7 Å². The second-order valence-electron chi connectivity index (χ2n) is 3.19. The first-order chi connectivity index (χ1) is 6.86. The minimum absolute atomic E-state index is 0.472. The van der Waals surface area contributed by atoms with Crippen LogP contribution in [0.5, 0.6) is 0 Å². The van der Waals surface area contributed by atoms with Gasteiger partial charge in [-0.25, -0.2) is 0 Å². The maximum absolute atomic E-state index is 5.77. The molecule has 0 saturated carbocycles. The number of rotatable bonds is 0. The molecule has 1 aromatic carbocycles. The molecule has 0 atom stereocenters. The number of aromatic amines is 1. The molecule has 0 bridgehead atoms. The Balaban J connectivity index is 2.65. The zero-order chi connectivity index (χ0) is 9.54. The number of nitrogens with two attached hydrogens (primary N) is 1. The third kappa shape index (κ3) is 0.821. The molecular formula is C10H8N4. The fourth-order valence-electron chi connectivity index (χ4n) is 1.73. The summed E-state index contributed by atoms with van der Waals surface area (Å²) in [6, 6.07) is 7.99. The lowest BCUT2D eigenvalue weighted by atomic mass is 10.2. The van der Waals surface area contributed by atoms with E-state index >= 15 is 0 Å². The number of H-pyrrole nitrogens is 1. The van der Waals surface area contributed by atoms with Crippen LogP contribution in [0.2, 0.25) is 0 Å². The van der Waals surface area contributed by atoms with E-state index in [-0.39, 0.29) is 0 Å². The lowest BCUT2D eigenvalue weighted by Crippen LogP contribution is -1.92. The topological polar surface area (TPSA) is 67.6 Å². The minimum atomic E-state index is 0.472. The zero-order valence-electron chi connectivity index (χ0n) is 7.36. The Morgan fingerprint density at radius 2 is 2.00 bits per heavy atom. The summed E-state index contributed by atoms with van der Waals surface area (Å²) in [6.45, 7) is 0. The molecule has 0 aliphatic rings. The fraction of sp³-hybridized carbons (Fsp3) is 0. The SMILES string of the molecule is Nc1nncc2[nH]c3ccccc3c12. The van der Waals surface area contributed by atoms with Gasteiger partial charge in [0.2, 0.25) is 0 Å². The third-order valence-electron chi connectivity index (χ3n) is 2.34. The highest BCUT2D eigenvalue weighted by Crippen LogP contribution is 2.27. The van der Waals surface area contributed by atoms with Crippen molar-refractivity contribution < 1.29 is 0 Å². The van der Waals surface area contributed by atoms with Gasteiger partial charge in [-0.05, 0) is 6.07 Å². The molecule has 4 heteroatoms. The molecule has 0 aliphatic carbocycles. The van der Waals surface area contributed by atoms with E-state index in [0.717, 1.165) is 21.8 Å². The minimum Gasteiger partial charge on any atom is -0.382 e. The molecule has 2 aromatic heterocycles. The van der Waals surface area contributed by atoms with E-state index in [0.29, 0.717) is 5.82 Å². The summed E-state index contributed by atoms with van der Waals surface area (Å²) in [7, 11) is 0. The Morgan fingerprint density at radius 1 is 1.14 bits per heavy atom. The summed E-state index contributed by atoms with van der Waals surface area (Å²) in [4.78, 5) is 3.24. The van der Waals surface area contributed by atoms with Crippen molar-refractivity contribution in [1.29, 1.82) is 0 Å². The monoisotopic (exact) mass is 184 g/mol. The average molecular weight is 184 g/mol. The number of aromatic nitrogens is 3. The van der Waals surface area contributed by atoms with Gasteiger partial charge in [0.05, 0.1) is 17.1 Å². The molecule has 3 N–H and O–H groups in total. The van der Waals surface area contributed by atoms with Crippen LogP contribution in [-0.4, -0.2) is 15.2 Å². The predicted molar refractivity (Wildman–Crippen MR) is 55.8 cm³/mol. The van der Waals surface area contributed by atoms with E-state index in [2.05, 4.69) is 15.2 Å². The molecule has 68 valence electrons. The standard InChI is InChI=1S/C10H8N4/c11-10-9-6-3-1-2-4-7(6)13-8(9)5-12-14-10/h1-5,13H,(H2,11,14). The van der Waals surface area contributed by atoms with Crippen LogP contribution in [0.1, 0.15) is 0 Å². The molecule has 4 nitrogen and oxygen atoms in total. The Labute approximate surface area is 79.8 Å². The predicted octanol–water partition coefficient (Wildman–Crippen LogP) is 1.69. The highest BCUT2D eigenvalue weighted by molar-refractivity contribution is 6.11. The van der Waals surface area contributed by atoms with Crippen LogP contribution in [0.3, 0.4) is 0 Å². The summed E-state index contributed by atoms with van der Waals surface area (Å²) in [6.07, 6.45) is 1.69. The molecule has 0 radical (unpaired) electrons. The summed E-state index contributed by atoms with van der Waals surface area (Å²) in [5, 5.41) is 9.69. The average Bonchev–Trinajstić information content (AvgIpc) is 2.57. The molecule has 0 amide bonds. The quantitative estimate of drug-likeness (QED) is 0.558. The van der Waals surface area contributed by atoms with Crippen LogP contribution in [0, 0.1) is 0 Å². The van der Waals surface area contributed by atoms with Gasteiger partial charge in [-0.1, -0.05) is 18.2 Å². The van der Waals surface area contributed by atoms with Crippen LogP contribution in [0.25, 0.3) is 21.8 Å². The first-order valence-electron chi connectivity index (χ1n) is 4.34. The van der Waals surface area contributed by atoms with Gasteiger partial charge >= 0.3 is 0 Å². The number of nitrogens with zero attached hydrogens (tertiary/aromatic N) is 2. The number of anilines is 1. The fourth-order valence-corrected chi connectivity index (χ4v) is 1.73. The van der Waals surface area contributed by atoms with Gasteiger partial charge in [0.25, 0.3) is 0 Å². The van der Waals surface area contributed by atoms with Crippen LogP contribution >= 0.6 is 0 Å². The number of hydrogen-bond donors (Lipinski definition) is 2. The molecule has 0 unspecified atom stereocenters. The lowest BCUT2D eigenvalue weighted by Gasteiger charge is -1.92. The number of nitrogen functional groups attached to an aromatic ring is 1. The number of para-hydroxylation sites is 1. The van der Waals surface area contributed by atoms with Gasteiger partial charge in [-0.15, -0.1) is 5.10 Å². The molecule has 2 heterocycles. The number of fused-ring (bicyclic) bond motifs is 3. The van der Waals surface area contributed by atoms with E-state index in [1.54, 1.807) is 6.20 Å². The van der Waals surface area contributed by atoms with Crippen LogP contribution in [-0.2, 0) is 0 Å². The first kappa shape index (κ1) is 7.32. The molecule has 0 saturated heterocycles. The van der Waals surface area contributed by atoms with Crippen LogP contribution < -0.4 is 5.73 Å². The van der Waals surface area contributed by atoms with Crippen molar-refractivity contribution in [2.45, 2.75) is 0 Å². The van der Waals surface area contributed by atoms with Crippen LogP contribution in [0.4, 0.5) is 5.82 Å². The van der Waals surface area contributed by atoms with Crippen molar-refractivity contribution >= 4 is 27.6 Å². The van der Waals surface area contributed by atoms with E-state index in [9.17, 15) is 0 Å². The Bertz CT molecular complexity index is 612. The van der Waals surface area contributed by atoms with Gasteiger partial charge in [-0.3, -0.25) is 0 Å². The van der Waals surface area contributed by atoms with E-state index in [1.165, 1.54) is 0 Å². The molecule has 14 heavy (non-hydrogen) atoms. The normalized spacial score (nSPS) is 11.1. The van der Waals surface area contributed by atoms with Crippen molar-refractivity contribution in [1.82, 2.24) is 15.2 Å². The van der Waals surface area contributed by atoms with Crippen molar-refractivity contribution in [3.05, 3.63) is 30.5 Å². The van der Waals surface area contributed by atoms with E-state index in [1.807, 2.05) is 24.3 Å². The first-order valence-corrected chi connectivity index (χ1v) is 4.34. The Kier molecular flexibility index (Phi) is 1.28. The van der Waals surface area contributed by atoms with Crippen LogP contribution in [0.15, 0.2) is 30.5 Å². The zero-order valence-corrected chi connectivity index (χ0v) is 7.36. The summed E-state index contributed by atoms with van der Waals surface area (Å²) < 4.78 is 0. The maximum Gasteiger partial charge on any atom is 0.156 e.